The third-order valence-electron chi connectivity index (χ3n) is 4.98. The molecule has 0 amide bonds. The minimum Gasteiger partial charge on any atom is -0.495 e. The Bertz CT molecular complexity index is 893. The van der Waals surface area contributed by atoms with Crippen molar-refractivity contribution in [2.24, 2.45) is 0 Å². The van der Waals surface area contributed by atoms with Gasteiger partial charge in [0.2, 0.25) is 5.95 Å². The zero-order valence-electron chi connectivity index (χ0n) is 15.3. The largest absolute Gasteiger partial charge is 0.495 e. The molecule has 7 nitrogen and oxygen atoms in total. The minimum atomic E-state index is 0.736. The van der Waals surface area contributed by atoms with Crippen molar-refractivity contribution in [3.8, 4) is 17.0 Å². The molecule has 1 fully saturated rings. The summed E-state index contributed by atoms with van der Waals surface area (Å²) in [6.45, 7) is 7.45. The summed E-state index contributed by atoms with van der Waals surface area (Å²) < 4.78 is 5.31. The maximum Gasteiger partial charge on any atom is 0.225 e. The lowest BCUT2D eigenvalue weighted by Crippen LogP contribution is -2.31. The molecular formula is C19H24N6O. The fraction of sp³-hybridized carbons (Fsp3) is 0.421. The van der Waals surface area contributed by atoms with E-state index in [0.717, 1.165) is 73.1 Å². The van der Waals surface area contributed by atoms with Gasteiger partial charge in [-0.25, -0.2) is 15.0 Å². The van der Waals surface area contributed by atoms with Gasteiger partial charge in [-0.2, -0.15) is 0 Å². The molecule has 1 saturated heterocycles. The summed E-state index contributed by atoms with van der Waals surface area (Å²) in [5.41, 5.74) is 2.74. The van der Waals surface area contributed by atoms with Crippen molar-refractivity contribution in [3.63, 3.8) is 0 Å². The summed E-state index contributed by atoms with van der Waals surface area (Å²) in [4.78, 5) is 21.7. The molecule has 0 radical (unpaired) electrons. The van der Waals surface area contributed by atoms with Gasteiger partial charge in [0, 0.05) is 43.0 Å². The van der Waals surface area contributed by atoms with E-state index in [0.29, 0.717) is 0 Å². The Kier molecular flexibility index (Phi) is 4.71. The third kappa shape index (κ3) is 3.22. The Morgan fingerprint density at radius 3 is 2.96 bits per heavy atom. The highest BCUT2D eigenvalue weighted by molar-refractivity contribution is 5.93. The Morgan fingerprint density at radius 2 is 2.12 bits per heavy atom. The molecule has 0 aliphatic carbocycles. The second-order valence-corrected chi connectivity index (χ2v) is 6.49. The first-order chi connectivity index (χ1) is 12.8. The summed E-state index contributed by atoms with van der Waals surface area (Å²) in [6.07, 6.45) is 6.64. The van der Waals surface area contributed by atoms with Gasteiger partial charge in [0.1, 0.15) is 11.4 Å². The normalized spacial score (nSPS) is 16.0. The molecule has 136 valence electrons. The van der Waals surface area contributed by atoms with E-state index in [4.69, 9.17) is 9.72 Å². The van der Waals surface area contributed by atoms with Gasteiger partial charge in [-0.1, -0.05) is 6.92 Å². The third-order valence-corrected chi connectivity index (χ3v) is 4.98. The number of rotatable bonds is 4. The highest BCUT2D eigenvalue weighted by atomic mass is 16.5. The van der Waals surface area contributed by atoms with Gasteiger partial charge in [-0.15, -0.1) is 0 Å². The SMILES string of the molecule is CCN1CCCN(c2nccc(-c3c[nH]c4ncc(OC)cc34)n2)CC1. The van der Waals surface area contributed by atoms with Crippen molar-refractivity contribution < 1.29 is 4.74 Å². The van der Waals surface area contributed by atoms with Gasteiger partial charge in [0.25, 0.3) is 0 Å². The second-order valence-electron chi connectivity index (χ2n) is 6.49. The lowest BCUT2D eigenvalue weighted by atomic mass is 10.1. The fourth-order valence-electron chi connectivity index (χ4n) is 3.45. The van der Waals surface area contributed by atoms with Crippen molar-refractivity contribution in [2.75, 3.05) is 44.7 Å². The minimum absolute atomic E-state index is 0.736. The van der Waals surface area contributed by atoms with E-state index in [1.807, 2.05) is 24.5 Å². The monoisotopic (exact) mass is 352 g/mol. The molecule has 1 aliphatic heterocycles. The summed E-state index contributed by atoms with van der Waals surface area (Å²) in [6, 6.07) is 3.93. The molecule has 0 atom stereocenters. The van der Waals surface area contributed by atoms with Crippen LogP contribution in [-0.2, 0) is 0 Å². The van der Waals surface area contributed by atoms with Crippen LogP contribution in [0, 0.1) is 0 Å². The number of hydrogen-bond acceptors (Lipinski definition) is 6. The van der Waals surface area contributed by atoms with Crippen LogP contribution < -0.4 is 9.64 Å². The summed E-state index contributed by atoms with van der Waals surface area (Å²) in [7, 11) is 1.65. The molecule has 1 N–H and O–H groups in total. The predicted molar refractivity (Wildman–Crippen MR) is 103 cm³/mol. The Hall–Kier alpha value is -2.67. The molecule has 0 unspecified atom stereocenters. The smallest absolute Gasteiger partial charge is 0.225 e. The molecule has 4 heterocycles. The standard InChI is InChI=1S/C19H24N6O/c1-3-24-7-4-8-25(10-9-24)19-20-6-5-17(23-19)16-13-22-18-15(16)11-14(26-2)12-21-18/h5-6,11-13H,3-4,7-10H2,1-2H3,(H,21,22). The lowest BCUT2D eigenvalue weighted by Gasteiger charge is -2.21. The molecule has 3 aromatic rings. The molecule has 7 heteroatoms. The van der Waals surface area contributed by atoms with Crippen molar-refractivity contribution in [1.82, 2.24) is 24.8 Å². The maximum absolute atomic E-state index is 5.31. The molecular weight excluding hydrogens is 328 g/mol. The molecule has 4 rings (SSSR count). The highest BCUT2D eigenvalue weighted by Gasteiger charge is 2.17. The highest BCUT2D eigenvalue weighted by Crippen LogP contribution is 2.29. The first-order valence-corrected chi connectivity index (χ1v) is 9.10. The van der Waals surface area contributed by atoms with E-state index in [9.17, 15) is 0 Å². The van der Waals surface area contributed by atoms with Gasteiger partial charge in [0.15, 0.2) is 0 Å². The van der Waals surface area contributed by atoms with E-state index in [-0.39, 0.29) is 0 Å². The number of H-pyrrole nitrogens is 1. The number of aromatic nitrogens is 4. The number of nitrogens with one attached hydrogen (secondary N) is 1. The van der Waals surface area contributed by atoms with E-state index < -0.39 is 0 Å². The topological polar surface area (TPSA) is 70.2 Å². The maximum atomic E-state index is 5.31. The van der Waals surface area contributed by atoms with Gasteiger partial charge in [0.05, 0.1) is 19.0 Å². The van der Waals surface area contributed by atoms with Gasteiger partial charge in [-0.3, -0.25) is 0 Å². The van der Waals surface area contributed by atoms with Crippen LogP contribution in [0.5, 0.6) is 5.75 Å². The molecule has 1 aliphatic rings. The Labute approximate surface area is 153 Å². The van der Waals surface area contributed by atoms with Crippen molar-refractivity contribution in [3.05, 3.63) is 30.7 Å². The van der Waals surface area contributed by atoms with Crippen LogP contribution in [0.2, 0.25) is 0 Å². The number of hydrogen-bond donors (Lipinski definition) is 1. The fourth-order valence-corrected chi connectivity index (χ4v) is 3.45. The molecule has 26 heavy (non-hydrogen) atoms. The zero-order valence-corrected chi connectivity index (χ0v) is 15.3. The lowest BCUT2D eigenvalue weighted by molar-refractivity contribution is 0.310. The molecule has 0 aromatic carbocycles. The molecule has 0 spiro atoms. The molecule has 0 bridgehead atoms. The Balaban J connectivity index is 1.66. The number of ether oxygens (including phenoxy) is 1. The number of pyridine rings is 1. The average Bonchev–Trinajstić information content (AvgIpc) is 2.96. The first-order valence-electron chi connectivity index (χ1n) is 9.10. The van der Waals surface area contributed by atoms with Gasteiger partial charge in [-0.05, 0) is 31.6 Å². The number of fused-ring (bicyclic) bond motifs is 1. The van der Waals surface area contributed by atoms with E-state index in [1.54, 1.807) is 13.3 Å². The molecule has 0 saturated carbocycles. The van der Waals surface area contributed by atoms with E-state index >= 15 is 0 Å². The van der Waals surface area contributed by atoms with Crippen LogP contribution in [0.3, 0.4) is 0 Å². The average molecular weight is 352 g/mol. The summed E-state index contributed by atoms with van der Waals surface area (Å²) >= 11 is 0. The van der Waals surface area contributed by atoms with Crippen LogP contribution in [0.15, 0.2) is 30.7 Å². The number of methoxy groups -OCH3 is 1. The van der Waals surface area contributed by atoms with Crippen LogP contribution in [0.25, 0.3) is 22.3 Å². The van der Waals surface area contributed by atoms with E-state index in [1.165, 1.54) is 0 Å². The second kappa shape index (κ2) is 7.29. The van der Waals surface area contributed by atoms with Gasteiger partial charge >= 0.3 is 0 Å². The zero-order chi connectivity index (χ0) is 17.9. The van der Waals surface area contributed by atoms with Crippen molar-refractivity contribution in [2.45, 2.75) is 13.3 Å². The van der Waals surface area contributed by atoms with Crippen LogP contribution in [0.1, 0.15) is 13.3 Å². The van der Waals surface area contributed by atoms with Crippen LogP contribution in [0.4, 0.5) is 5.95 Å². The Morgan fingerprint density at radius 1 is 1.19 bits per heavy atom. The molecule has 3 aromatic heterocycles. The number of nitrogens with zero attached hydrogens (tertiary/aromatic N) is 5. The number of aromatic amines is 1. The van der Waals surface area contributed by atoms with Crippen molar-refractivity contribution in [1.29, 1.82) is 0 Å². The quantitative estimate of drug-likeness (QED) is 0.778. The number of likely N-dealkylation sites (N-methyl/N-ethyl adjacent to an activating group) is 1. The first kappa shape index (κ1) is 16.8. The van der Waals surface area contributed by atoms with Crippen molar-refractivity contribution >= 4 is 17.0 Å². The predicted octanol–water partition coefficient (Wildman–Crippen LogP) is 2.56. The summed E-state index contributed by atoms with van der Waals surface area (Å²) in [5.74, 6) is 1.53. The van der Waals surface area contributed by atoms with E-state index in [2.05, 4.69) is 31.7 Å². The summed E-state index contributed by atoms with van der Waals surface area (Å²) in [5, 5.41) is 1.00. The van der Waals surface area contributed by atoms with Gasteiger partial charge < -0.3 is 19.5 Å². The number of anilines is 1. The van der Waals surface area contributed by atoms with Crippen LogP contribution in [-0.4, -0.2) is 64.7 Å². The van der Waals surface area contributed by atoms with Crippen LogP contribution >= 0.6 is 0 Å².